The molecule has 1 N–H and O–H groups in total. The van der Waals surface area contributed by atoms with Gasteiger partial charge in [-0.15, -0.1) is 0 Å². The summed E-state index contributed by atoms with van der Waals surface area (Å²) in [6, 6.07) is 10.3. The average molecular weight is 433 g/mol. The molecule has 1 aliphatic heterocycles. The fourth-order valence-corrected chi connectivity index (χ4v) is 3.33. The predicted molar refractivity (Wildman–Crippen MR) is 107 cm³/mol. The molecule has 1 heterocycles. The zero-order chi connectivity index (χ0) is 19.4. The summed E-state index contributed by atoms with van der Waals surface area (Å²) >= 11 is 3.41. The Balaban J connectivity index is 1.74. The maximum absolute atomic E-state index is 12.6. The molecule has 142 valence electrons. The second-order valence-electron chi connectivity index (χ2n) is 5.98. The Labute approximate surface area is 166 Å². The van der Waals surface area contributed by atoms with Gasteiger partial charge in [0.1, 0.15) is 13.2 Å². The summed E-state index contributed by atoms with van der Waals surface area (Å²) in [6.45, 7) is 6.15. The van der Waals surface area contributed by atoms with Crippen molar-refractivity contribution in [3.63, 3.8) is 0 Å². The predicted octanol–water partition coefficient (Wildman–Crippen LogP) is 3.95. The standard InChI is InChI=1S/C20H21BrN2O4/c1-3-23(4-2)20(25)13-5-7-14(8-6-13)22-19(24)15-11-17-18(12-16(15)21)27-10-9-26-17/h5-8,11-12H,3-4,9-10H2,1-2H3,(H,22,24). The lowest BCUT2D eigenvalue weighted by Crippen LogP contribution is -2.30. The van der Waals surface area contributed by atoms with Crippen LogP contribution in [0.3, 0.4) is 0 Å². The van der Waals surface area contributed by atoms with Gasteiger partial charge in [0.25, 0.3) is 11.8 Å². The number of halogens is 1. The molecule has 0 aliphatic carbocycles. The van der Waals surface area contributed by atoms with Gasteiger partial charge in [-0.25, -0.2) is 0 Å². The molecule has 27 heavy (non-hydrogen) atoms. The zero-order valence-electron chi connectivity index (χ0n) is 15.3. The Kier molecular flexibility index (Phi) is 6.01. The van der Waals surface area contributed by atoms with E-state index in [1.807, 2.05) is 13.8 Å². The minimum absolute atomic E-state index is 0.0209. The summed E-state index contributed by atoms with van der Waals surface area (Å²) in [7, 11) is 0. The maximum Gasteiger partial charge on any atom is 0.256 e. The van der Waals surface area contributed by atoms with E-state index in [2.05, 4.69) is 21.2 Å². The van der Waals surface area contributed by atoms with E-state index in [9.17, 15) is 9.59 Å². The first-order valence-corrected chi connectivity index (χ1v) is 9.62. The number of hydrogen-bond donors (Lipinski definition) is 1. The molecule has 0 unspecified atom stereocenters. The minimum atomic E-state index is -0.276. The number of amides is 2. The van der Waals surface area contributed by atoms with E-state index in [1.54, 1.807) is 41.3 Å². The quantitative estimate of drug-likeness (QED) is 0.776. The second-order valence-corrected chi connectivity index (χ2v) is 6.84. The number of nitrogens with one attached hydrogen (secondary N) is 1. The Morgan fingerprint density at radius 3 is 2.22 bits per heavy atom. The number of carbonyl (C=O) groups excluding carboxylic acids is 2. The number of fused-ring (bicyclic) bond motifs is 1. The molecular weight excluding hydrogens is 412 g/mol. The molecule has 0 atom stereocenters. The van der Waals surface area contributed by atoms with Crippen molar-refractivity contribution < 1.29 is 19.1 Å². The maximum atomic E-state index is 12.6. The molecular formula is C20H21BrN2O4. The summed E-state index contributed by atoms with van der Waals surface area (Å²) < 4.78 is 11.7. The third kappa shape index (κ3) is 4.24. The zero-order valence-corrected chi connectivity index (χ0v) is 16.8. The van der Waals surface area contributed by atoms with Gasteiger partial charge in [0, 0.05) is 28.8 Å². The van der Waals surface area contributed by atoms with E-state index in [1.165, 1.54) is 0 Å². The Morgan fingerprint density at radius 1 is 1.04 bits per heavy atom. The van der Waals surface area contributed by atoms with Crippen LogP contribution in [-0.4, -0.2) is 43.0 Å². The van der Waals surface area contributed by atoms with E-state index in [-0.39, 0.29) is 11.8 Å². The van der Waals surface area contributed by atoms with Crippen LogP contribution in [0.15, 0.2) is 40.9 Å². The van der Waals surface area contributed by atoms with Crippen molar-refractivity contribution in [1.29, 1.82) is 0 Å². The molecule has 2 amide bonds. The summed E-state index contributed by atoms with van der Waals surface area (Å²) in [4.78, 5) is 26.7. The van der Waals surface area contributed by atoms with Gasteiger partial charge in [-0.05, 0) is 66.2 Å². The van der Waals surface area contributed by atoms with Gasteiger partial charge in [-0.2, -0.15) is 0 Å². The number of benzene rings is 2. The highest BCUT2D eigenvalue weighted by Crippen LogP contribution is 2.35. The molecule has 2 aromatic carbocycles. The minimum Gasteiger partial charge on any atom is -0.486 e. The number of ether oxygens (including phenoxy) is 2. The first-order valence-electron chi connectivity index (χ1n) is 8.83. The lowest BCUT2D eigenvalue weighted by atomic mass is 10.1. The number of rotatable bonds is 5. The van der Waals surface area contributed by atoms with Crippen LogP contribution in [-0.2, 0) is 0 Å². The highest BCUT2D eigenvalue weighted by molar-refractivity contribution is 9.10. The Morgan fingerprint density at radius 2 is 1.63 bits per heavy atom. The number of anilines is 1. The molecule has 1 aliphatic rings. The van der Waals surface area contributed by atoms with E-state index >= 15 is 0 Å². The second kappa shape index (κ2) is 8.43. The third-order valence-corrected chi connectivity index (χ3v) is 4.97. The Bertz CT molecular complexity index is 848. The lowest BCUT2D eigenvalue weighted by molar-refractivity contribution is 0.0773. The SMILES string of the molecule is CCN(CC)C(=O)c1ccc(NC(=O)c2cc3c(cc2Br)OCCO3)cc1. The number of carbonyl (C=O) groups is 2. The molecule has 0 fully saturated rings. The highest BCUT2D eigenvalue weighted by atomic mass is 79.9. The molecule has 0 aromatic heterocycles. The van der Waals surface area contributed by atoms with Crippen LogP contribution in [0.2, 0.25) is 0 Å². The van der Waals surface area contributed by atoms with Crippen LogP contribution in [0, 0.1) is 0 Å². The van der Waals surface area contributed by atoms with E-state index < -0.39 is 0 Å². The van der Waals surface area contributed by atoms with Crippen LogP contribution < -0.4 is 14.8 Å². The summed E-state index contributed by atoms with van der Waals surface area (Å²) in [5, 5.41) is 2.84. The molecule has 0 saturated heterocycles. The van der Waals surface area contributed by atoms with Crippen molar-refractivity contribution in [2.75, 3.05) is 31.6 Å². The summed E-state index contributed by atoms with van der Waals surface area (Å²) in [6.07, 6.45) is 0. The van der Waals surface area contributed by atoms with Crippen LogP contribution in [0.4, 0.5) is 5.69 Å². The Hall–Kier alpha value is -2.54. The van der Waals surface area contributed by atoms with Crippen molar-refractivity contribution in [2.45, 2.75) is 13.8 Å². The largest absolute Gasteiger partial charge is 0.486 e. The van der Waals surface area contributed by atoms with E-state index in [0.717, 1.165) is 0 Å². The fourth-order valence-electron chi connectivity index (χ4n) is 2.83. The van der Waals surface area contributed by atoms with Gasteiger partial charge in [-0.1, -0.05) is 0 Å². The molecule has 6 nitrogen and oxygen atoms in total. The molecule has 0 bridgehead atoms. The molecule has 3 rings (SSSR count). The van der Waals surface area contributed by atoms with Crippen molar-refractivity contribution >= 4 is 33.4 Å². The van der Waals surface area contributed by atoms with Crippen molar-refractivity contribution in [3.8, 4) is 11.5 Å². The smallest absolute Gasteiger partial charge is 0.256 e. The highest BCUT2D eigenvalue weighted by Gasteiger charge is 2.19. The van der Waals surface area contributed by atoms with Crippen LogP contribution >= 0.6 is 15.9 Å². The summed E-state index contributed by atoms with van der Waals surface area (Å²) in [5.41, 5.74) is 1.65. The van der Waals surface area contributed by atoms with E-state index in [4.69, 9.17) is 9.47 Å². The molecule has 0 spiro atoms. The fraction of sp³-hybridized carbons (Fsp3) is 0.300. The molecule has 7 heteroatoms. The van der Waals surface area contributed by atoms with Crippen molar-refractivity contribution in [1.82, 2.24) is 4.90 Å². The topological polar surface area (TPSA) is 67.9 Å². The summed E-state index contributed by atoms with van der Waals surface area (Å²) in [5.74, 6) is 0.868. The van der Waals surface area contributed by atoms with E-state index in [0.29, 0.717) is 59.1 Å². The van der Waals surface area contributed by atoms with Crippen LogP contribution in [0.1, 0.15) is 34.6 Å². The third-order valence-electron chi connectivity index (χ3n) is 4.32. The lowest BCUT2D eigenvalue weighted by Gasteiger charge is -2.20. The van der Waals surface area contributed by atoms with Gasteiger partial charge >= 0.3 is 0 Å². The normalized spacial score (nSPS) is 12.4. The van der Waals surface area contributed by atoms with Crippen molar-refractivity contribution in [3.05, 3.63) is 52.0 Å². The van der Waals surface area contributed by atoms with Gasteiger partial charge in [0.2, 0.25) is 0 Å². The first-order chi connectivity index (χ1) is 13.0. The van der Waals surface area contributed by atoms with Gasteiger partial charge < -0.3 is 19.7 Å². The van der Waals surface area contributed by atoms with Crippen molar-refractivity contribution in [2.24, 2.45) is 0 Å². The van der Waals surface area contributed by atoms with Crippen LogP contribution in [0.5, 0.6) is 11.5 Å². The number of hydrogen-bond acceptors (Lipinski definition) is 4. The molecule has 0 saturated carbocycles. The van der Waals surface area contributed by atoms with Crippen LogP contribution in [0.25, 0.3) is 0 Å². The first kappa shape index (κ1) is 19.2. The monoisotopic (exact) mass is 432 g/mol. The average Bonchev–Trinajstić information content (AvgIpc) is 2.68. The molecule has 2 aromatic rings. The van der Waals surface area contributed by atoms with Gasteiger partial charge in [0.15, 0.2) is 11.5 Å². The molecule has 0 radical (unpaired) electrons. The van der Waals surface area contributed by atoms with Gasteiger partial charge in [0.05, 0.1) is 5.56 Å². The number of nitrogens with zero attached hydrogens (tertiary/aromatic N) is 1. The van der Waals surface area contributed by atoms with Gasteiger partial charge in [-0.3, -0.25) is 9.59 Å².